The van der Waals surface area contributed by atoms with Gasteiger partial charge in [-0.1, -0.05) is 19.8 Å². The zero-order valence-corrected chi connectivity index (χ0v) is 10.1. The van der Waals surface area contributed by atoms with Crippen molar-refractivity contribution in [2.75, 3.05) is 6.54 Å². The second-order valence-corrected chi connectivity index (χ2v) is 5.30. The van der Waals surface area contributed by atoms with E-state index in [9.17, 15) is 0 Å². The second-order valence-electron chi connectivity index (χ2n) is 5.30. The Labute approximate surface area is 97.4 Å². The molecule has 2 heteroatoms. The number of nitrogens with one attached hydrogen (secondary N) is 1. The van der Waals surface area contributed by atoms with Gasteiger partial charge in [-0.05, 0) is 43.2 Å². The molecule has 2 aliphatic rings. The first-order valence-corrected chi connectivity index (χ1v) is 6.68. The molecule has 0 amide bonds. The minimum absolute atomic E-state index is 0.171. The Morgan fingerprint density at radius 2 is 2.38 bits per heavy atom. The second kappa shape index (κ2) is 3.92. The van der Waals surface area contributed by atoms with Gasteiger partial charge in [0.1, 0.15) is 5.76 Å². The highest BCUT2D eigenvalue weighted by Crippen LogP contribution is 2.47. The van der Waals surface area contributed by atoms with E-state index in [4.69, 9.17) is 4.42 Å². The lowest BCUT2D eigenvalue weighted by Crippen LogP contribution is -2.53. The van der Waals surface area contributed by atoms with Crippen LogP contribution < -0.4 is 5.32 Å². The van der Waals surface area contributed by atoms with Gasteiger partial charge < -0.3 is 9.73 Å². The van der Waals surface area contributed by atoms with E-state index in [1.54, 1.807) is 0 Å². The third kappa shape index (κ3) is 1.36. The molecule has 0 bridgehead atoms. The smallest absolute Gasteiger partial charge is 0.127 e. The molecule has 1 aliphatic carbocycles. The number of hydrogen-bond acceptors (Lipinski definition) is 2. The zero-order valence-electron chi connectivity index (χ0n) is 10.1. The van der Waals surface area contributed by atoms with Crippen molar-refractivity contribution in [1.29, 1.82) is 0 Å². The highest BCUT2D eigenvalue weighted by Gasteiger charge is 2.47. The molecule has 3 rings (SSSR count). The lowest BCUT2D eigenvalue weighted by Gasteiger charge is -2.47. The molecular formula is C14H21NO. The van der Waals surface area contributed by atoms with E-state index >= 15 is 0 Å². The Bertz CT molecular complexity index is 367. The highest BCUT2D eigenvalue weighted by atomic mass is 16.3. The Balaban J connectivity index is 2.00. The van der Waals surface area contributed by atoms with Crippen molar-refractivity contribution < 1.29 is 4.42 Å². The lowest BCUT2D eigenvalue weighted by molar-refractivity contribution is 0.0833. The normalized spacial score (nSPS) is 29.8. The predicted octanol–water partition coefficient (Wildman–Crippen LogP) is 3.22. The molecule has 0 spiro atoms. The molecule has 1 unspecified atom stereocenters. The van der Waals surface area contributed by atoms with Crippen LogP contribution in [0, 0.1) is 5.92 Å². The third-order valence-corrected chi connectivity index (χ3v) is 4.43. The summed E-state index contributed by atoms with van der Waals surface area (Å²) in [4.78, 5) is 0. The average Bonchev–Trinajstić information content (AvgIpc) is 2.64. The molecule has 1 aromatic heterocycles. The molecule has 1 aromatic rings. The van der Waals surface area contributed by atoms with Gasteiger partial charge in [0.05, 0.1) is 11.8 Å². The van der Waals surface area contributed by atoms with Gasteiger partial charge in [0.25, 0.3) is 0 Å². The fraction of sp³-hybridized carbons (Fsp3) is 0.714. The van der Waals surface area contributed by atoms with Crippen LogP contribution in [0.4, 0.5) is 0 Å². The van der Waals surface area contributed by atoms with Crippen LogP contribution in [0.2, 0.25) is 0 Å². The predicted molar refractivity (Wildman–Crippen MR) is 64.3 cm³/mol. The van der Waals surface area contributed by atoms with Crippen molar-refractivity contribution in [1.82, 2.24) is 5.32 Å². The van der Waals surface area contributed by atoms with Crippen molar-refractivity contribution >= 4 is 0 Å². The highest BCUT2D eigenvalue weighted by molar-refractivity contribution is 5.29. The number of hydrogen-bond donors (Lipinski definition) is 1. The summed E-state index contributed by atoms with van der Waals surface area (Å²) in [5.41, 5.74) is 1.61. The molecule has 1 fully saturated rings. The van der Waals surface area contributed by atoms with Crippen molar-refractivity contribution in [2.45, 2.75) is 51.0 Å². The number of rotatable bonds is 3. The van der Waals surface area contributed by atoms with Crippen LogP contribution >= 0.6 is 0 Å². The van der Waals surface area contributed by atoms with E-state index in [2.05, 4.69) is 18.3 Å². The van der Waals surface area contributed by atoms with Crippen LogP contribution in [-0.4, -0.2) is 6.54 Å². The quantitative estimate of drug-likeness (QED) is 0.844. The first-order valence-electron chi connectivity index (χ1n) is 6.68. The Morgan fingerprint density at radius 1 is 1.50 bits per heavy atom. The van der Waals surface area contributed by atoms with Gasteiger partial charge >= 0.3 is 0 Å². The number of fused-ring (bicyclic) bond motifs is 1. The van der Waals surface area contributed by atoms with Gasteiger partial charge in [-0.15, -0.1) is 0 Å². The average molecular weight is 219 g/mol. The molecule has 16 heavy (non-hydrogen) atoms. The van der Waals surface area contributed by atoms with Crippen LogP contribution in [0.5, 0.6) is 0 Å². The summed E-state index contributed by atoms with van der Waals surface area (Å²) < 4.78 is 5.82. The van der Waals surface area contributed by atoms with E-state index in [1.807, 2.05) is 6.26 Å². The van der Waals surface area contributed by atoms with Crippen molar-refractivity contribution in [3.8, 4) is 0 Å². The molecule has 1 saturated carbocycles. The molecular weight excluding hydrogens is 198 g/mol. The monoisotopic (exact) mass is 219 g/mol. The summed E-state index contributed by atoms with van der Waals surface area (Å²) in [7, 11) is 0. The summed E-state index contributed by atoms with van der Waals surface area (Å²) >= 11 is 0. The molecule has 2 heterocycles. The molecule has 0 radical (unpaired) electrons. The van der Waals surface area contributed by atoms with E-state index in [-0.39, 0.29) is 5.54 Å². The van der Waals surface area contributed by atoms with E-state index in [1.165, 1.54) is 43.4 Å². The maximum Gasteiger partial charge on any atom is 0.127 e. The number of furan rings is 1. The van der Waals surface area contributed by atoms with Gasteiger partial charge in [0, 0.05) is 6.54 Å². The molecule has 88 valence electrons. The first-order chi connectivity index (χ1) is 7.87. The largest absolute Gasteiger partial charge is 0.467 e. The van der Waals surface area contributed by atoms with Crippen LogP contribution in [0.25, 0.3) is 0 Å². The molecule has 1 aliphatic heterocycles. The van der Waals surface area contributed by atoms with E-state index < -0.39 is 0 Å². The molecule has 2 nitrogen and oxygen atoms in total. The van der Waals surface area contributed by atoms with E-state index in [0.29, 0.717) is 0 Å². The van der Waals surface area contributed by atoms with Gasteiger partial charge in [-0.3, -0.25) is 0 Å². The van der Waals surface area contributed by atoms with E-state index in [0.717, 1.165) is 18.9 Å². The van der Waals surface area contributed by atoms with Gasteiger partial charge in [-0.2, -0.15) is 0 Å². The fourth-order valence-corrected chi connectivity index (χ4v) is 3.46. The fourth-order valence-electron chi connectivity index (χ4n) is 3.46. The van der Waals surface area contributed by atoms with Crippen molar-refractivity contribution in [2.24, 2.45) is 5.92 Å². The molecule has 0 saturated heterocycles. The standard InChI is InChI=1S/C14H21NO/c1-2-8-14(12-4-3-5-12)13-11(6-9-15-14)7-10-16-13/h7,10,12,15H,2-6,8-9H2,1H3. The minimum atomic E-state index is 0.171. The maximum atomic E-state index is 5.82. The topological polar surface area (TPSA) is 25.2 Å². The Hall–Kier alpha value is -0.760. The van der Waals surface area contributed by atoms with Gasteiger partial charge in [-0.25, -0.2) is 0 Å². The maximum absolute atomic E-state index is 5.82. The van der Waals surface area contributed by atoms with Gasteiger partial charge in [0.15, 0.2) is 0 Å². The van der Waals surface area contributed by atoms with Crippen LogP contribution in [-0.2, 0) is 12.0 Å². The summed E-state index contributed by atoms with van der Waals surface area (Å²) in [5.74, 6) is 2.06. The lowest BCUT2D eigenvalue weighted by atomic mass is 9.65. The SMILES string of the molecule is CCCC1(C2CCC2)NCCc2ccoc21. The molecule has 0 aromatic carbocycles. The minimum Gasteiger partial charge on any atom is -0.467 e. The summed E-state index contributed by atoms with van der Waals surface area (Å²) in [5, 5.41) is 3.78. The Kier molecular flexibility index (Phi) is 2.55. The van der Waals surface area contributed by atoms with Crippen LogP contribution in [0.1, 0.15) is 50.4 Å². The van der Waals surface area contributed by atoms with Crippen LogP contribution in [0.3, 0.4) is 0 Å². The zero-order chi connectivity index (χ0) is 11.0. The summed E-state index contributed by atoms with van der Waals surface area (Å²) in [6.07, 6.45) is 9.58. The Morgan fingerprint density at radius 3 is 3.06 bits per heavy atom. The summed E-state index contributed by atoms with van der Waals surface area (Å²) in [6.45, 7) is 3.39. The first kappa shape index (κ1) is 10.4. The van der Waals surface area contributed by atoms with Crippen molar-refractivity contribution in [3.63, 3.8) is 0 Å². The van der Waals surface area contributed by atoms with Crippen molar-refractivity contribution in [3.05, 3.63) is 23.7 Å². The molecule has 1 N–H and O–H groups in total. The molecule has 1 atom stereocenters. The summed E-state index contributed by atoms with van der Waals surface area (Å²) in [6, 6.07) is 2.17. The van der Waals surface area contributed by atoms with Gasteiger partial charge in [0.2, 0.25) is 0 Å². The van der Waals surface area contributed by atoms with Crippen LogP contribution in [0.15, 0.2) is 16.7 Å². The third-order valence-electron chi connectivity index (χ3n) is 4.43.